The fourth-order valence-corrected chi connectivity index (χ4v) is 2.63. The zero-order chi connectivity index (χ0) is 14.4. The molecule has 1 unspecified atom stereocenters. The van der Waals surface area contributed by atoms with Gasteiger partial charge in [-0.25, -0.2) is 0 Å². The lowest BCUT2D eigenvalue weighted by Gasteiger charge is -2.21. The molecule has 0 saturated carbocycles. The molecule has 0 spiro atoms. The van der Waals surface area contributed by atoms with Gasteiger partial charge in [-0.1, -0.05) is 12.1 Å². The highest BCUT2D eigenvalue weighted by Gasteiger charge is 2.14. The molecule has 1 aliphatic heterocycles. The second-order valence-corrected chi connectivity index (χ2v) is 5.57. The third-order valence-electron chi connectivity index (χ3n) is 3.83. The predicted octanol–water partition coefficient (Wildman–Crippen LogP) is 1.62. The van der Waals surface area contributed by atoms with Crippen molar-refractivity contribution in [3.8, 4) is 0 Å². The number of likely N-dealkylation sites (tertiary alicyclic amines) is 1. The van der Waals surface area contributed by atoms with E-state index in [9.17, 15) is 4.79 Å². The van der Waals surface area contributed by atoms with Crippen LogP contribution in [0, 0.1) is 0 Å². The van der Waals surface area contributed by atoms with Gasteiger partial charge in [0, 0.05) is 31.7 Å². The first-order chi connectivity index (χ1) is 9.69. The van der Waals surface area contributed by atoms with Crippen molar-refractivity contribution in [2.75, 3.05) is 26.7 Å². The molecule has 0 bridgehead atoms. The van der Waals surface area contributed by atoms with Gasteiger partial charge in [0.15, 0.2) is 0 Å². The minimum absolute atomic E-state index is 0.0353. The first kappa shape index (κ1) is 15.0. The van der Waals surface area contributed by atoms with Crippen molar-refractivity contribution < 1.29 is 4.79 Å². The number of carbonyl (C=O) groups excluding carboxylic acids is 1. The first-order valence-corrected chi connectivity index (χ1v) is 7.46. The van der Waals surface area contributed by atoms with E-state index < -0.39 is 0 Å². The minimum atomic E-state index is -0.0353. The van der Waals surface area contributed by atoms with E-state index in [4.69, 9.17) is 0 Å². The van der Waals surface area contributed by atoms with Crippen LogP contribution < -0.4 is 10.6 Å². The van der Waals surface area contributed by atoms with Crippen molar-refractivity contribution in [3.05, 3.63) is 35.4 Å². The largest absolute Gasteiger partial charge is 0.355 e. The van der Waals surface area contributed by atoms with E-state index in [0.717, 1.165) is 13.1 Å². The number of carbonyl (C=O) groups is 1. The molecule has 1 aromatic rings. The van der Waals surface area contributed by atoms with Crippen LogP contribution in [0.5, 0.6) is 0 Å². The van der Waals surface area contributed by atoms with Gasteiger partial charge in [-0.05, 0) is 50.6 Å². The Morgan fingerprint density at radius 2 is 1.90 bits per heavy atom. The Morgan fingerprint density at radius 1 is 1.25 bits per heavy atom. The molecular formula is C16H25N3O. The summed E-state index contributed by atoms with van der Waals surface area (Å²) in [4.78, 5) is 14.0. The number of hydrogen-bond donors (Lipinski definition) is 2. The van der Waals surface area contributed by atoms with E-state index in [1.54, 1.807) is 7.05 Å². The lowest BCUT2D eigenvalue weighted by atomic mass is 10.1. The second kappa shape index (κ2) is 7.41. The number of nitrogens with one attached hydrogen (secondary N) is 2. The zero-order valence-corrected chi connectivity index (χ0v) is 12.5. The van der Waals surface area contributed by atoms with Gasteiger partial charge in [-0.3, -0.25) is 4.79 Å². The third-order valence-corrected chi connectivity index (χ3v) is 3.83. The van der Waals surface area contributed by atoms with Crippen molar-refractivity contribution in [1.82, 2.24) is 15.5 Å². The maximum Gasteiger partial charge on any atom is 0.251 e. The molecule has 4 heteroatoms. The van der Waals surface area contributed by atoms with Crippen molar-refractivity contribution in [2.24, 2.45) is 0 Å². The van der Waals surface area contributed by atoms with Crippen molar-refractivity contribution in [3.63, 3.8) is 0 Å². The van der Waals surface area contributed by atoms with Crippen LogP contribution in [-0.2, 0) is 6.54 Å². The lowest BCUT2D eigenvalue weighted by Crippen LogP contribution is -2.37. The average Bonchev–Trinajstić information content (AvgIpc) is 2.97. The molecule has 0 aliphatic carbocycles. The molecule has 1 heterocycles. The SMILES string of the molecule is CNC(=O)c1ccc(CNC(C)CN2CCCC2)cc1. The Hall–Kier alpha value is -1.39. The molecule has 1 fully saturated rings. The molecule has 1 aromatic carbocycles. The standard InChI is InChI=1S/C16H25N3O/c1-13(12-19-9-3-4-10-19)18-11-14-5-7-15(8-6-14)16(20)17-2/h5-8,13,18H,3-4,9-12H2,1-2H3,(H,17,20). The Labute approximate surface area is 121 Å². The summed E-state index contributed by atoms with van der Waals surface area (Å²) in [5, 5.41) is 6.18. The number of benzene rings is 1. The van der Waals surface area contributed by atoms with Crippen LogP contribution in [0.4, 0.5) is 0 Å². The van der Waals surface area contributed by atoms with Crippen LogP contribution >= 0.6 is 0 Å². The number of rotatable bonds is 6. The molecule has 110 valence electrons. The monoisotopic (exact) mass is 275 g/mol. The minimum Gasteiger partial charge on any atom is -0.355 e. The van der Waals surface area contributed by atoms with E-state index in [1.807, 2.05) is 24.3 Å². The van der Waals surface area contributed by atoms with Crippen LogP contribution in [0.3, 0.4) is 0 Å². The van der Waals surface area contributed by atoms with Crippen LogP contribution in [0.15, 0.2) is 24.3 Å². The molecule has 20 heavy (non-hydrogen) atoms. The summed E-state index contributed by atoms with van der Waals surface area (Å²) in [5.41, 5.74) is 1.92. The average molecular weight is 275 g/mol. The molecule has 1 aliphatic rings. The van der Waals surface area contributed by atoms with Gasteiger partial charge >= 0.3 is 0 Å². The summed E-state index contributed by atoms with van der Waals surface area (Å²) in [6.07, 6.45) is 2.68. The molecule has 2 rings (SSSR count). The summed E-state index contributed by atoms with van der Waals surface area (Å²) >= 11 is 0. The molecule has 4 nitrogen and oxygen atoms in total. The Balaban J connectivity index is 1.76. The van der Waals surface area contributed by atoms with Crippen LogP contribution in [0.1, 0.15) is 35.7 Å². The summed E-state index contributed by atoms with van der Waals surface area (Å²) < 4.78 is 0. The maximum absolute atomic E-state index is 11.5. The van der Waals surface area contributed by atoms with Gasteiger partial charge in [0.2, 0.25) is 0 Å². The van der Waals surface area contributed by atoms with E-state index in [2.05, 4.69) is 22.5 Å². The van der Waals surface area contributed by atoms with Crippen LogP contribution in [0.2, 0.25) is 0 Å². The van der Waals surface area contributed by atoms with Crippen molar-refractivity contribution >= 4 is 5.91 Å². The van der Waals surface area contributed by atoms with Gasteiger partial charge < -0.3 is 15.5 Å². The van der Waals surface area contributed by atoms with E-state index in [1.165, 1.54) is 31.5 Å². The number of hydrogen-bond acceptors (Lipinski definition) is 3. The molecule has 1 atom stereocenters. The van der Waals surface area contributed by atoms with E-state index in [-0.39, 0.29) is 5.91 Å². The summed E-state index contributed by atoms with van der Waals surface area (Å²) in [6.45, 7) is 6.69. The molecule has 0 aromatic heterocycles. The van der Waals surface area contributed by atoms with Gasteiger partial charge in [-0.15, -0.1) is 0 Å². The summed E-state index contributed by atoms with van der Waals surface area (Å²) in [6, 6.07) is 8.27. The Morgan fingerprint density at radius 3 is 2.50 bits per heavy atom. The fraction of sp³-hybridized carbons (Fsp3) is 0.562. The molecule has 1 amide bonds. The highest BCUT2D eigenvalue weighted by Crippen LogP contribution is 2.08. The van der Waals surface area contributed by atoms with Gasteiger partial charge in [0.25, 0.3) is 5.91 Å². The van der Waals surface area contributed by atoms with Gasteiger partial charge in [0.1, 0.15) is 0 Å². The Bertz CT molecular complexity index is 424. The van der Waals surface area contributed by atoms with Gasteiger partial charge in [0.05, 0.1) is 0 Å². The first-order valence-electron chi connectivity index (χ1n) is 7.46. The summed E-state index contributed by atoms with van der Waals surface area (Å²) in [5.74, 6) is -0.0353. The Kier molecular flexibility index (Phi) is 5.56. The number of nitrogens with zero attached hydrogens (tertiary/aromatic N) is 1. The fourth-order valence-electron chi connectivity index (χ4n) is 2.63. The highest BCUT2D eigenvalue weighted by molar-refractivity contribution is 5.93. The number of amides is 1. The molecule has 0 radical (unpaired) electrons. The smallest absolute Gasteiger partial charge is 0.251 e. The zero-order valence-electron chi connectivity index (χ0n) is 12.5. The van der Waals surface area contributed by atoms with Crippen LogP contribution in [-0.4, -0.2) is 43.5 Å². The van der Waals surface area contributed by atoms with E-state index >= 15 is 0 Å². The second-order valence-electron chi connectivity index (χ2n) is 5.57. The topological polar surface area (TPSA) is 44.4 Å². The molecule has 2 N–H and O–H groups in total. The van der Waals surface area contributed by atoms with Gasteiger partial charge in [-0.2, -0.15) is 0 Å². The predicted molar refractivity (Wildman–Crippen MR) is 81.8 cm³/mol. The van der Waals surface area contributed by atoms with Crippen molar-refractivity contribution in [1.29, 1.82) is 0 Å². The van der Waals surface area contributed by atoms with Crippen LogP contribution in [0.25, 0.3) is 0 Å². The maximum atomic E-state index is 11.5. The quantitative estimate of drug-likeness (QED) is 0.829. The molecular weight excluding hydrogens is 250 g/mol. The molecule has 1 saturated heterocycles. The normalized spacial score (nSPS) is 17.1. The highest BCUT2D eigenvalue weighted by atomic mass is 16.1. The third kappa shape index (κ3) is 4.32. The summed E-state index contributed by atoms with van der Waals surface area (Å²) in [7, 11) is 1.65. The van der Waals surface area contributed by atoms with E-state index in [0.29, 0.717) is 11.6 Å². The van der Waals surface area contributed by atoms with Crippen molar-refractivity contribution in [2.45, 2.75) is 32.4 Å². The lowest BCUT2D eigenvalue weighted by molar-refractivity contribution is 0.0963.